The molecule has 0 bridgehead atoms. The number of anilines is 1. The Kier molecular flexibility index (Phi) is 5.05. The minimum Gasteiger partial charge on any atom is -0.451 e. The summed E-state index contributed by atoms with van der Waals surface area (Å²) in [5, 5.41) is 3.73. The third-order valence-corrected chi connectivity index (χ3v) is 4.19. The summed E-state index contributed by atoms with van der Waals surface area (Å²) >= 11 is 6.20. The first kappa shape index (κ1) is 17.0. The van der Waals surface area contributed by atoms with Crippen LogP contribution >= 0.6 is 11.6 Å². The van der Waals surface area contributed by atoms with E-state index < -0.39 is 11.9 Å². The number of fused-ring (bicyclic) bond motifs is 1. The van der Waals surface area contributed by atoms with Crippen LogP contribution in [0.1, 0.15) is 23.0 Å². The Bertz CT molecular complexity index is 933. The first-order valence-electron chi connectivity index (χ1n) is 7.90. The number of esters is 1. The molecule has 0 fully saturated rings. The Morgan fingerprint density at radius 1 is 1.16 bits per heavy atom. The number of halogens is 1. The molecule has 0 unspecified atom stereocenters. The number of aromatic amines is 1. The van der Waals surface area contributed by atoms with Crippen molar-refractivity contribution < 1.29 is 14.3 Å². The van der Waals surface area contributed by atoms with Gasteiger partial charge in [-0.05, 0) is 30.2 Å². The van der Waals surface area contributed by atoms with Gasteiger partial charge in [0.15, 0.2) is 6.61 Å². The van der Waals surface area contributed by atoms with Gasteiger partial charge in [-0.1, -0.05) is 48.9 Å². The molecule has 0 aliphatic heterocycles. The molecule has 0 saturated heterocycles. The van der Waals surface area contributed by atoms with Crippen LogP contribution in [0, 0.1) is 0 Å². The number of para-hydroxylation sites is 1. The topological polar surface area (TPSA) is 71.2 Å². The summed E-state index contributed by atoms with van der Waals surface area (Å²) in [5.41, 5.74) is 2.66. The molecule has 25 heavy (non-hydrogen) atoms. The molecule has 3 rings (SSSR count). The molecule has 3 aromatic rings. The van der Waals surface area contributed by atoms with Crippen LogP contribution in [0.15, 0.2) is 48.5 Å². The number of H-pyrrole nitrogens is 1. The fourth-order valence-corrected chi connectivity index (χ4v) is 2.81. The van der Waals surface area contributed by atoms with Gasteiger partial charge < -0.3 is 15.0 Å². The van der Waals surface area contributed by atoms with Gasteiger partial charge in [0, 0.05) is 16.6 Å². The number of carbonyl (C=O) groups is 2. The smallest absolute Gasteiger partial charge is 0.356 e. The number of aromatic nitrogens is 1. The molecule has 0 aliphatic carbocycles. The van der Waals surface area contributed by atoms with Gasteiger partial charge in [0.05, 0.1) is 5.02 Å². The van der Waals surface area contributed by atoms with E-state index in [1.807, 2.05) is 43.3 Å². The summed E-state index contributed by atoms with van der Waals surface area (Å²) in [6.07, 6.45) is 0.873. The molecule has 0 radical (unpaired) electrons. The Morgan fingerprint density at radius 3 is 2.72 bits per heavy atom. The van der Waals surface area contributed by atoms with E-state index in [2.05, 4.69) is 10.3 Å². The van der Waals surface area contributed by atoms with Crippen molar-refractivity contribution in [2.24, 2.45) is 0 Å². The lowest BCUT2D eigenvalue weighted by Crippen LogP contribution is -2.21. The second kappa shape index (κ2) is 7.40. The molecule has 1 aromatic heterocycles. The van der Waals surface area contributed by atoms with E-state index in [-0.39, 0.29) is 17.3 Å². The zero-order valence-corrected chi connectivity index (χ0v) is 14.4. The quantitative estimate of drug-likeness (QED) is 0.674. The van der Waals surface area contributed by atoms with Crippen molar-refractivity contribution >= 4 is 40.1 Å². The number of amides is 1. The zero-order chi connectivity index (χ0) is 17.8. The van der Waals surface area contributed by atoms with Crippen LogP contribution in [0.4, 0.5) is 5.69 Å². The van der Waals surface area contributed by atoms with Gasteiger partial charge >= 0.3 is 5.97 Å². The molecule has 2 aromatic carbocycles. The molecular formula is C19H17ClN2O3. The normalized spacial score (nSPS) is 10.6. The molecule has 6 heteroatoms. The number of nitrogens with one attached hydrogen (secondary N) is 2. The summed E-state index contributed by atoms with van der Waals surface area (Å²) < 4.78 is 5.06. The van der Waals surface area contributed by atoms with Crippen molar-refractivity contribution in [1.29, 1.82) is 0 Å². The Balaban J connectivity index is 1.63. The molecule has 0 aliphatic rings. The number of aryl methyl sites for hydroxylation is 1. The standard InChI is InChI=1S/C19H17ClN2O3/c1-2-12-6-5-7-13(10-12)21-16(23)11-25-19(24)18-17(20)14-8-3-4-9-15(14)22-18/h3-10,22H,2,11H2,1H3,(H,21,23). The van der Waals surface area contributed by atoms with Crippen LogP contribution in [0.3, 0.4) is 0 Å². The summed E-state index contributed by atoms with van der Waals surface area (Å²) in [5.74, 6) is -1.08. The highest BCUT2D eigenvalue weighted by Gasteiger charge is 2.18. The maximum Gasteiger partial charge on any atom is 0.356 e. The minimum absolute atomic E-state index is 0.142. The Morgan fingerprint density at radius 2 is 1.96 bits per heavy atom. The van der Waals surface area contributed by atoms with Gasteiger partial charge in [0.25, 0.3) is 5.91 Å². The first-order valence-corrected chi connectivity index (χ1v) is 8.28. The number of hydrogen-bond donors (Lipinski definition) is 2. The maximum absolute atomic E-state index is 12.2. The minimum atomic E-state index is -0.668. The lowest BCUT2D eigenvalue weighted by Gasteiger charge is -2.07. The van der Waals surface area contributed by atoms with Gasteiger partial charge in [0.1, 0.15) is 5.69 Å². The van der Waals surface area contributed by atoms with Crippen LogP contribution in [-0.2, 0) is 16.0 Å². The van der Waals surface area contributed by atoms with E-state index in [0.29, 0.717) is 5.69 Å². The van der Waals surface area contributed by atoms with E-state index in [0.717, 1.165) is 22.9 Å². The average Bonchev–Trinajstić information content (AvgIpc) is 2.97. The highest BCUT2D eigenvalue weighted by molar-refractivity contribution is 6.38. The third-order valence-electron chi connectivity index (χ3n) is 3.80. The zero-order valence-electron chi connectivity index (χ0n) is 13.6. The first-order chi connectivity index (χ1) is 12.1. The molecule has 0 atom stereocenters. The second-order valence-corrected chi connectivity index (χ2v) is 5.92. The lowest BCUT2D eigenvalue weighted by atomic mass is 10.1. The summed E-state index contributed by atoms with van der Waals surface area (Å²) in [4.78, 5) is 27.1. The molecule has 128 valence electrons. The summed E-state index contributed by atoms with van der Waals surface area (Å²) in [6, 6.07) is 14.8. The van der Waals surface area contributed by atoms with E-state index in [9.17, 15) is 9.59 Å². The van der Waals surface area contributed by atoms with Crippen molar-refractivity contribution in [3.8, 4) is 0 Å². The van der Waals surface area contributed by atoms with Crippen molar-refractivity contribution in [1.82, 2.24) is 4.98 Å². The van der Waals surface area contributed by atoms with Gasteiger partial charge in [-0.2, -0.15) is 0 Å². The molecule has 1 amide bonds. The SMILES string of the molecule is CCc1cccc(NC(=O)COC(=O)c2[nH]c3ccccc3c2Cl)c1. The predicted molar refractivity (Wildman–Crippen MR) is 98.0 cm³/mol. The molecule has 0 spiro atoms. The van der Waals surface area contributed by atoms with Crippen molar-refractivity contribution in [2.45, 2.75) is 13.3 Å². The highest BCUT2D eigenvalue weighted by Crippen LogP contribution is 2.27. The molecule has 5 nitrogen and oxygen atoms in total. The average molecular weight is 357 g/mol. The van der Waals surface area contributed by atoms with E-state index in [4.69, 9.17) is 16.3 Å². The van der Waals surface area contributed by atoms with Gasteiger partial charge in [-0.3, -0.25) is 4.79 Å². The van der Waals surface area contributed by atoms with Crippen LogP contribution < -0.4 is 5.32 Å². The maximum atomic E-state index is 12.2. The third kappa shape index (κ3) is 3.83. The number of carbonyl (C=O) groups excluding carboxylic acids is 2. The van der Waals surface area contributed by atoms with Crippen LogP contribution in [0.5, 0.6) is 0 Å². The number of rotatable bonds is 5. The van der Waals surface area contributed by atoms with Crippen molar-refractivity contribution in [3.05, 3.63) is 64.8 Å². The monoisotopic (exact) mass is 356 g/mol. The van der Waals surface area contributed by atoms with E-state index in [1.165, 1.54) is 0 Å². The Hall–Kier alpha value is -2.79. The summed E-state index contributed by atoms with van der Waals surface area (Å²) in [7, 11) is 0. The van der Waals surface area contributed by atoms with Crippen LogP contribution in [0.2, 0.25) is 5.02 Å². The second-order valence-electron chi connectivity index (χ2n) is 5.54. The van der Waals surface area contributed by atoms with Crippen molar-refractivity contribution in [2.75, 3.05) is 11.9 Å². The van der Waals surface area contributed by atoms with E-state index in [1.54, 1.807) is 12.1 Å². The number of hydrogen-bond acceptors (Lipinski definition) is 3. The van der Waals surface area contributed by atoms with Crippen LogP contribution in [0.25, 0.3) is 10.9 Å². The van der Waals surface area contributed by atoms with Gasteiger partial charge in [0.2, 0.25) is 0 Å². The van der Waals surface area contributed by atoms with Gasteiger partial charge in [-0.25, -0.2) is 4.79 Å². The lowest BCUT2D eigenvalue weighted by molar-refractivity contribution is -0.119. The molecule has 2 N–H and O–H groups in total. The fraction of sp³-hybridized carbons (Fsp3) is 0.158. The van der Waals surface area contributed by atoms with E-state index >= 15 is 0 Å². The molecule has 0 saturated carbocycles. The number of ether oxygens (including phenoxy) is 1. The van der Waals surface area contributed by atoms with Gasteiger partial charge in [-0.15, -0.1) is 0 Å². The predicted octanol–water partition coefficient (Wildman–Crippen LogP) is 4.18. The molecular weight excluding hydrogens is 340 g/mol. The van der Waals surface area contributed by atoms with Crippen molar-refractivity contribution in [3.63, 3.8) is 0 Å². The largest absolute Gasteiger partial charge is 0.451 e. The Labute approximate surface area is 149 Å². The number of benzene rings is 2. The highest BCUT2D eigenvalue weighted by atomic mass is 35.5. The molecule has 1 heterocycles. The summed E-state index contributed by atoms with van der Waals surface area (Å²) in [6.45, 7) is 1.65. The fourth-order valence-electron chi connectivity index (χ4n) is 2.52. The van der Waals surface area contributed by atoms with Crippen LogP contribution in [-0.4, -0.2) is 23.5 Å².